The molecule has 1 aliphatic rings. The smallest absolute Gasteiger partial charge is 0.246 e. The zero-order chi connectivity index (χ0) is 22.8. The van der Waals surface area contributed by atoms with Crippen LogP contribution in [0.1, 0.15) is 18.5 Å². The van der Waals surface area contributed by atoms with Gasteiger partial charge in [-0.15, -0.1) is 0 Å². The van der Waals surface area contributed by atoms with Gasteiger partial charge in [0.25, 0.3) is 0 Å². The van der Waals surface area contributed by atoms with E-state index in [1.165, 1.54) is 17.3 Å². The summed E-state index contributed by atoms with van der Waals surface area (Å²) >= 11 is 6.40. The Balaban J connectivity index is 2.04. The van der Waals surface area contributed by atoms with Crippen LogP contribution in [0.2, 0.25) is 5.02 Å². The Kier molecular flexibility index (Phi) is 6.83. The van der Waals surface area contributed by atoms with Crippen molar-refractivity contribution in [2.24, 2.45) is 0 Å². The molecule has 31 heavy (non-hydrogen) atoms. The molecule has 2 amide bonds. The monoisotopic (exact) mass is 461 g/mol. The summed E-state index contributed by atoms with van der Waals surface area (Å²) in [6.07, 6.45) is 2.39. The van der Waals surface area contributed by atoms with Crippen molar-refractivity contribution in [3.8, 4) is 11.1 Å². The number of nitrogens with zero attached hydrogens (tertiary/aromatic N) is 2. The quantitative estimate of drug-likeness (QED) is 0.692. The standard InChI is InChI=1S/C22H24ClN3O4S/c1-4-22(28)25-8-9-26(31(3,29)30)21(14-25)18-10-17(11-19(23)12-18)16-6-5-7-20(13-16)24-15(2)27/h4-7,10-13,21H,1,8-9,14H2,2-3H3,(H,24,27). The number of carbonyl (C=O) groups is 2. The molecule has 2 aromatic rings. The van der Waals surface area contributed by atoms with Gasteiger partial charge < -0.3 is 10.2 Å². The summed E-state index contributed by atoms with van der Waals surface area (Å²) in [6, 6.07) is 12.1. The molecule has 7 nitrogen and oxygen atoms in total. The van der Waals surface area contributed by atoms with Gasteiger partial charge in [0, 0.05) is 37.3 Å². The number of carbonyl (C=O) groups excluding carboxylic acids is 2. The van der Waals surface area contributed by atoms with Gasteiger partial charge in [0.15, 0.2) is 0 Å². The van der Waals surface area contributed by atoms with E-state index in [0.717, 1.165) is 17.4 Å². The van der Waals surface area contributed by atoms with Gasteiger partial charge in [0.1, 0.15) is 0 Å². The molecule has 3 rings (SSSR count). The molecule has 1 aliphatic heterocycles. The molecule has 1 heterocycles. The molecule has 164 valence electrons. The number of anilines is 1. The number of hydrogen-bond donors (Lipinski definition) is 1. The molecule has 0 bridgehead atoms. The summed E-state index contributed by atoms with van der Waals surface area (Å²) in [7, 11) is -3.51. The number of rotatable bonds is 5. The first-order valence-corrected chi connectivity index (χ1v) is 11.9. The number of amides is 2. The highest BCUT2D eigenvalue weighted by atomic mass is 35.5. The van der Waals surface area contributed by atoms with Gasteiger partial charge in [0.05, 0.1) is 12.3 Å². The number of sulfonamides is 1. The minimum Gasteiger partial charge on any atom is -0.336 e. The predicted molar refractivity (Wildman–Crippen MR) is 122 cm³/mol. The largest absolute Gasteiger partial charge is 0.336 e. The van der Waals surface area contributed by atoms with Crippen molar-refractivity contribution in [3.05, 3.63) is 65.7 Å². The fraction of sp³-hybridized carbons (Fsp3) is 0.273. The number of piperazine rings is 1. The van der Waals surface area contributed by atoms with Gasteiger partial charge in [-0.1, -0.05) is 30.3 Å². The van der Waals surface area contributed by atoms with Gasteiger partial charge >= 0.3 is 0 Å². The molecule has 1 saturated heterocycles. The van der Waals surface area contributed by atoms with Crippen LogP contribution >= 0.6 is 11.6 Å². The number of nitrogens with one attached hydrogen (secondary N) is 1. The minimum atomic E-state index is -3.51. The van der Waals surface area contributed by atoms with Crippen LogP contribution in [0.3, 0.4) is 0 Å². The Morgan fingerprint density at radius 1 is 1.16 bits per heavy atom. The lowest BCUT2D eigenvalue weighted by atomic mass is 9.97. The molecular formula is C22H24ClN3O4S. The summed E-state index contributed by atoms with van der Waals surface area (Å²) in [6.45, 7) is 5.63. The molecule has 0 aliphatic carbocycles. The summed E-state index contributed by atoms with van der Waals surface area (Å²) in [5.74, 6) is -0.426. The maximum atomic E-state index is 12.4. The van der Waals surface area contributed by atoms with Crippen LogP contribution < -0.4 is 5.32 Å². The molecule has 1 atom stereocenters. The molecule has 1 unspecified atom stereocenters. The second-order valence-electron chi connectivity index (χ2n) is 7.41. The third-order valence-electron chi connectivity index (χ3n) is 5.06. The predicted octanol–water partition coefficient (Wildman–Crippen LogP) is 3.30. The average molecular weight is 462 g/mol. The first-order chi connectivity index (χ1) is 14.6. The Hall–Kier alpha value is -2.68. The van der Waals surface area contributed by atoms with E-state index in [9.17, 15) is 18.0 Å². The lowest BCUT2D eigenvalue weighted by Gasteiger charge is -2.40. The normalized spacial score (nSPS) is 17.3. The fourth-order valence-electron chi connectivity index (χ4n) is 3.72. The second kappa shape index (κ2) is 9.21. The van der Waals surface area contributed by atoms with Crippen LogP contribution in [0.5, 0.6) is 0 Å². The number of halogens is 1. The Morgan fingerprint density at radius 2 is 1.90 bits per heavy atom. The molecule has 1 fully saturated rings. The van der Waals surface area contributed by atoms with Crippen molar-refractivity contribution < 1.29 is 18.0 Å². The first-order valence-electron chi connectivity index (χ1n) is 9.65. The third-order valence-corrected chi connectivity index (χ3v) is 6.57. The molecule has 2 aromatic carbocycles. The summed E-state index contributed by atoms with van der Waals surface area (Å²) in [5.41, 5.74) is 2.91. The van der Waals surface area contributed by atoms with Crippen LogP contribution in [-0.4, -0.2) is 55.3 Å². The van der Waals surface area contributed by atoms with E-state index in [1.807, 2.05) is 24.3 Å². The van der Waals surface area contributed by atoms with Gasteiger partial charge in [-0.05, 0) is 53.1 Å². The minimum absolute atomic E-state index is 0.179. The van der Waals surface area contributed by atoms with Gasteiger partial charge in [-0.3, -0.25) is 9.59 Å². The van der Waals surface area contributed by atoms with Crippen LogP contribution in [0.15, 0.2) is 55.1 Å². The molecule has 9 heteroatoms. The van der Waals surface area contributed by atoms with Crippen LogP contribution in [0.25, 0.3) is 11.1 Å². The summed E-state index contributed by atoms with van der Waals surface area (Å²) < 4.78 is 26.3. The number of benzene rings is 2. The molecule has 0 saturated carbocycles. The van der Waals surface area contributed by atoms with Crippen LogP contribution in [0, 0.1) is 0 Å². The molecule has 0 aromatic heterocycles. The van der Waals surface area contributed by atoms with Crippen molar-refractivity contribution in [2.75, 3.05) is 31.2 Å². The highest BCUT2D eigenvalue weighted by Crippen LogP contribution is 2.34. The molecule has 0 radical (unpaired) electrons. The number of hydrogen-bond acceptors (Lipinski definition) is 4. The van der Waals surface area contributed by atoms with E-state index in [0.29, 0.717) is 22.8 Å². The Bertz CT molecular complexity index is 1130. The van der Waals surface area contributed by atoms with Crippen molar-refractivity contribution in [1.29, 1.82) is 0 Å². The van der Waals surface area contributed by atoms with E-state index < -0.39 is 16.1 Å². The highest BCUT2D eigenvalue weighted by Gasteiger charge is 2.35. The van der Waals surface area contributed by atoms with Crippen LogP contribution in [0.4, 0.5) is 5.69 Å². The molecule has 1 N–H and O–H groups in total. The summed E-state index contributed by atoms with van der Waals surface area (Å²) in [5, 5.41) is 3.19. The van der Waals surface area contributed by atoms with Gasteiger partial charge in [0.2, 0.25) is 21.8 Å². The zero-order valence-corrected chi connectivity index (χ0v) is 18.9. The second-order valence-corrected chi connectivity index (χ2v) is 9.78. The van der Waals surface area contributed by atoms with Crippen molar-refractivity contribution >= 4 is 39.1 Å². The SMILES string of the molecule is C=CC(=O)N1CCN(S(C)(=O)=O)C(c2cc(Cl)cc(-c3cccc(NC(C)=O)c3)c2)C1. The Morgan fingerprint density at radius 3 is 2.55 bits per heavy atom. The van der Waals surface area contributed by atoms with E-state index in [-0.39, 0.29) is 24.9 Å². The average Bonchev–Trinajstić information content (AvgIpc) is 2.71. The van der Waals surface area contributed by atoms with Gasteiger partial charge in [-0.2, -0.15) is 4.31 Å². The van der Waals surface area contributed by atoms with Gasteiger partial charge in [-0.25, -0.2) is 8.42 Å². The maximum absolute atomic E-state index is 12.4. The summed E-state index contributed by atoms with van der Waals surface area (Å²) in [4.78, 5) is 25.1. The lowest BCUT2D eigenvalue weighted by molar-refractivity contribution is -0.128. The van der Waals surface area contributed by atoms with E-state index >= 15 is 0 Å². The first kappa shape index (κ1) is 23.0. The van der Waals surface area contributed by atoms with Crippen molar-refractivity contribution in [3.63, 3.8) is 0 Å². The zero-order valence-electron chi connectivity index (χ0n) is 17.3. The van der Waals surface area contributed by atoms with E-state index in [4.69, 9.17) is 11.6 Å². The van der Waals surface area contributed by atoms with E-state index in [2.05, 4.69) is 11.9 Å². The maximum Gasteiger partial charge on any atom is 0.246 e. The Labute approximate surface area is 187 Å². The van der Waals surface area contributed by atoms with E-state index in [1.54, 1.807) is 23.1 Å². The van der Waals surface area contributed by atoms with Crippen molar-refractivity contribution in [2.45, 2.75) is 13.0 Å². The molecular weight excluding hydrogens is 438 g/mol. The fourth-order valence-corrected chi connectivity index (χ4v) is 5.02. The van der Waals surface area contributed by atoms with Crippen LogP contribution in [-0.2, 0) is 19.6 Å². The highest BCUT2D eigenvalue weighted by molar-refractivity contribution is 7.88. The molecule has 0 spiro atoms. The topological polar surface area (TPSA) is 86.8 Å². The third kappa shape index (κ3) is 5.52. The lowest BCUT2D eigenvalue weighted by Crippen LogP contribution is -2.51. The van der Waals surface area contributed by atoms with Crippen molar-refractivity contribution in [1.82, 2.24) is 9.21 Å².